The highest BCUT2D eigenvalue weighted by molar-refractivity contribution is 6.19. The predicted molar refractivity (Wildman–Crippen MR) is 280 cm³/mol. The van der Waals surface area contributed by atoms with E-state index in [0.717, 1.165) is 72.2 Å². The Morgan fingerprint density at radius 1 is 0.273 bits per heavy atom. The summed E-state index contributed by atoms with van der Waals surface area (Å²) in [6.45, 7) is 0. The molecule has 1 heterocycles. The first kappa shape index (κ1) is 37.8. The van der Waals surface area contributed by atoms with Crippen LogP contribution in [0.25, 0.3) is 110 Å². The number of fused-ring (bicyclic) bond motifs is 9. The molecule has 0 radical (unpaired) electrons. The van der Waals surface area contributed by atoms with Crippen LogP contribution in [0.5, 0.6) is 0 Å². The van der Waals surface area contributed by atoms with Crippen molar-refractivity contribution in [2.75, 3.05) is 4.90 Å². The summed E-state index contributed by atoms with van der Waals surface area (Å²) in [7, 11) is 0. The van der Waals surface area contributed by atoms with Gasteiger partial charge >= 0.3 is 0 Å². The summed E-state index contributed by atoms with van der Waals surface area (Å²) in [6, 6.07) is 90.4. The van der Waals surface area contributed by atoms with Crippen LogP contribution in [0, 0.1) is 0 Å². The van der Waals surface area contributed by atoms with Crippen molar-refractivity contribution in [1.82, 2.24) is 0 Å². The van der Waals surface area contributed by atoms with E-state index in [9.17, 15) is 0 Å². The molecule has 1 aromatic heterocycles. The quantitative estimate of drug-likeness (QED) is 0.149. The third-order valence-corrected chi connectivity index (χ3v) is 13.4. The average molecular weight is 840 g/mol. The highest BCUT2D eigenvalue weighted by Crippen LogP contribution is 2.46. The highest BCUT2D eigenvalue weighted by Gasteiger charge is 2.21. The summed E-state index contributed by atoms with van der Waals surface area (Å²) in [5.41, 5.74) is 14.3. The molecule has 0 amide bonds. The smallest absolute Gasteiger partial charge is 0.143 e. The van der Waals surface area contributed by atoms with Gasteiger partial charge in [0.15, 0.2) is 0 Å². The molecule has 13 rings (SSSR count). The molecule has 0 spiro atoms. The van der Waals surface area contributed by atoms with Crippen LogP contribution in [-0.2, 0) is 0 Å². The monoisotopic (exact) mass is 839 g/mol. The molecule has 308 valence electrons. The van der Waals surface area contributed by atoms with Crippen LogP contribution in [-0.4, -0.2) is 0 Å². The van der Waals surface area contributed by atoms with E-state index in [-0.39, 0.29) is 0 Å². The first-order valence-electron chi connectivity index (χ1n) is 22.7. The Morgan fingerprint density at radius 3 is 1.70 bits per heavy atom. The number of furan rings is 1. The Balaban J connectivity index is 1.01. The first-order valence-corrected chi connectivity index (χ1v) is 22.7. The van der Waals surface area contributed by atoms with Gasteiger partial charge in [0, 0.05) is 33.1 Å². The van der Waals surface area contributed by atoms with Crippen molar-refractivity contribution in [3.63, 3.8) is 0 Å². The zero-order valence-electron chi connectivity index (χ0n) is 36.0. The fourth-order valence-electron chi connectivity index (χ4n) is 10.3. The molecule has 0 aliphatic rings. The van der Waals surface area contributed by atoms with Crippen molar-refractivity contribution in [3.8, 4) is 44.5 Å². The van der Waals surface area contributed by atoms with Gasteiger partial charge in [-0.05, 0) is 125 Å². The van der Waals surface area contributed by atoms with Gasteiger partial charge in [0.25, 0.3) is 0 Å². The van der Waals surface area contributed by atoms with E-state index in [1.807, 2.05) is 0 Å². The number of hydrogen-bond donors (Lipinski definition) is 0. The standard InChI is InChI=1S/C64H41NO/c1-2-13-44(14-3-1)57-37-33-50(55-24-11-18-43-15-4-7-21-53(43)55)41-61(57)65(51-34-29-42(30-35-51)47-32-36-56-49(39-47)28-27-45-16-5-8-22-54(45)56)52-20-10-19-48(40-52)58-25-12-26-62-63(58)60-38-31-46-17-6-9-23-59(46)64(60)66-62/h1-41H. The second kappa shape index (κ2) is 15.5. The van der Waals surface area contributed by atoms with Gasteiger partial charge in [0.05, 0.1) is 5.69 Å². The Labute approximate surface area is 382 Å². The fourth-order valence-corrected chi connectivity index (χ4v) is 10.3. The lowest BCUT2D eigenvalue weighted by molar-refractivity contribution is 0.673. The Morgan fingerprint density at radius 2 is 0.848 bits per heavy atom. The van der Waals surface area contributed by atoms with Gasteiger partial charge in [-0.2, -0.15) is 0 Å². The van der Waals surface area contributed by atoms with Crippen LogP contribution in [0.2, 0.25) is 0 Å². The number of nitrogens with zero attached hydrogens (tertiary/aromatic N) is 1. The molecule has 0 aliphatic carbocycles. The van der Waals surface area contributed by atoms with Gasteiger partial charge in [0.1, 0.15) is 11.2 Å². The Hall–Kier alpha value is -8.72. The molecular weight excluding hydrogens is 799 g/mol. The van der Waals surface area contributed by atoms with Crippen LogP contribution < -0.4 is 4.90 Å². The van der Waals surface area contributed by atoms with Crippen LogP contribution in [0.1, 0.15) is 0 Å². The summed E-state index contributed by atoms with van der Waals surface area (Å²) in [5, 5.41) is 12.0. The van der Waals surface area contributed by atoms with Gasteiger partial charge in [-0.3, -0.25) is 0 Å². The topological polar surface area (TPSA) is 16.4 Å². The van der Waals surface area contributed by atoms with E-state index in [1.54, 1.807) is 0 Å². The Kier molecular flexibility index (Phi) is 8.89. The molecule has 66 heavy (non-hydrogen) atoms. The van der Waals surface area contributed by atoms with Gasteiger partial charge in [-0.1, -0.05) is 200 Å². The lowest BCUT2D eigenvalue weighted by Gasteiger charge is -2.29. The van der Waals surface area contributed by atoms with Crippen LogP contribution in [0.3, 0.4) is 0 Å². The molecule has 0 saturated carbocycles. The van der Waals surface area contributed by atoms with Crippen molar-refractivity contribution in [2.24, 2.45) is 0 Å². The minimum absolute atomic E-state index is 0.882. The maximum atomic E-state index is 6.67. The maximum Gasteiger partial charge on any atom is 0.143 e. The van der Waals surface area contributed by atoms with E-state index >= 15 is 0 Å². The van der Waals surface area contributed by atoms with E-state index in [1.165, 1.54) is 54.4 Å². The number of anilines is 3. The van der Waals surface area contributed by atoms with E-state index in [4.69, 9.17) is 4.42 Å². The van der Waals surface area contributed by atoms with Crippen molar-refractivity contribution >= 4 is 82.1 Å². The molecule has 0 bridgehead atoms. The minimum Gasteiger partial charge on any atom is -0.455 e. The number of hydrogen-bond acceptors (Lipinski definition) is 2. The zero-order valence-corrected chi connectivity index (χ0v) is 36.0. The molecule has 0 aliphatic heterocycles. The van der Waals surface area contributed by atoms with Gasteiger partial charge in [-0.25, -0.2) is 0 Å². The number of benzene rings is 12. The highest BCUT2D eigenvalue weighted by atomic mass is 16.3. The second-order valence-corrected chi connectivity index (χ2v) is 17.2. The van der Waals surface area contributed by atoms with Crippen LogP contribution in [0.15, 0.2) is 253 Å². The third-order valence-electron chi connectivity index (χ3n) is 13.4. The first-order chi connectivity index (χ1) is 32.7. The third kappa shape index (κ3) is 6.34. The summed E-state index contributed by atoms with van der Waals surface area (Å²) < 4.78 is 6.67. The van der Waals surface area contributed by atoms with Crippen molar-refractivity contribution in [3.05, 3.63) is 249 Å². The largest absolute Gasteiger partial charge is 0.455 e. The molecule has 2 nitrogen and oxygen atoms in total. The van der Waals surface area contributed by atoms with Crippen molar-refractivity contribution < 1.29 is 4.42 Å². The molecule has 2 heteroatoms. The summed E-state index contributed by atoms with van der Waals surface area (Å²) in [6.07, 6.45) is 0. The summed E-state index contributed by atoms with van der Waals surface area (Å²) >= 11 is 0. The molecule has 0 fully saturated rings. The summed E-state index contributed by atoms with van der Waals surface area (Å²) in [5.74, 6) is 0. The van der Waals surface area contributed by atoms with Gasteiger partial charge < -0.3 is 9.32 Å². The van der Waals surface area contributed by atoms with Crippen molar-refractivity contribution in [2.45, 2.75) is 0 Å². The van der Waals surface area contributed by atoms with Crippen molar-refractivity contribution in [1.29, 1.82) is 0 Å². The minimum atomic E-state index is 0.882. The van der Waals surface area contributed by atoms with E-state index in [0.29, 0.717) is 0 Å². The molecular formula is C64H41NO. The van der Waals surface area contributed by atoms with E-state index < -0.39 is 0 Å². The summed E-state index contributed by atoms with van der Waals surface area (Å²) in [4.78, 5) is 2.44. The SMILES string of the molecule is c1ccc(-c2ccc(-c3cccc4ccccc34)cc2N(c2ccc(-c3ccc4c(ccc5ccccc54)c3)cc2)c2cccc(-c3cccc4oc5c6ccccc6ccc5c34)c2)cc1. The normalized spacial score (nSPS) is 11.6. The van der Waals surface area contributed by atoms with Gasteiger partial charge in [-0.15, -0.1) is 0 Å². The fraction of sp³-hybridized carbons (Fsp3) is 0. The molecule has 0 N–H and O–H groups in total. The van der Waals surface area contributed by atoms with Gasteiger partial charge in [0.2, 0.25) is 0 Å². The molecule has 13 aromatic rings. The molecule has 0 saturated heterocycles. The lowest BCUT2D eigenvalue weighted by Crippen LogP contribution is -2.11. The molecule has 12 aromatic carbocycles. The average Bonchev–Trinajstić information content (AvgIpc) is 3.79. The predicted octanol–water partition coefficient (Wildman–Crippen LogP) is 18.3. The van der Waals surface area contributed by atoms with Crippen LogP contribution >= 0.6 is 0 Å². The molecule has 0 unspecified atom stereocenters. The lowest BCUT2D eigenvalue weighted by atomic mass is 9.93. The maximum absolute atomic E-state index is 6.67. The van der Waals surface area contributed by atoms with Crippen LogP contribution in [0.4, 0.5) is 17.1 Å². The number of rotatable bonds is 7. The second-order valence-electron chi connectivity index (χ2n) is 17.2. The molecule has 0 atom stereocenters. The Bertz CT molecular complexity index is 3990. The van der Waals surface area contributed by atoms with E-state index in [2.05, 4.69) is 254 Å². The zero-order chi connectivity index (χ0) is 43.6.